The maximum absolute atomic E-state index is 12.8. The molecule has 2 N–H and O–H groups in total. The molecule has 10 heteroatoms. The van der Waals surface area contributed by atoms with E-state index >= 15 is 0 Å². The van der Waals surface area contributed by atoms with Crippen LogP contribution in [0, 0.1) is 0 Å². The zero-order chi connectivity index (χ0) is 22.9. The van der Waals surface area contributed by atoms with Gasteiger partial charge in [-0.3, -0.25) is 14.5 Å². The van der Waals surface area contributed by atoms with Gasteiger partial charge in [0, 0.05) is 49.7 Å². The fraction of sp³-hybridized carbons (Fsp3) is 0.409. The van der Waals surface area contributed by atoms with Gasteiger partial charge >= 0.3 is 6.18 Å². The molecule has 1 fully saturated rings. The highest BCUT2D eigenvalue weighted by Gasteiger charge is 2.32. The summed E-state index contributed by atoms with van der Waals surface area (Å²) in [7, 11) is 0. The Morgan fingerprint density at radius 3 is 2.72 bits per heavy atom. The van der Waals surface area contributed by atoms with Crippen molar-refractivity contribution < 1.29 is 22.8 Å². The summed E-state index contributed by atoms with van der Waals surface area (Å²) in [5.74, 6) is 0.350. The van der Waals surface area contributed by atoms with Crippen LogP contribution in [-0.4, -0.2) is 53.9 Å². The maximum Gasteiger partial charge on any atom is 0.417 e. The van der Waals surface area contributed by atoms with E-state index in [-0.39, 0.29) is 24.4 Å². The van der Waals surface area contributed by atoms with Crippen molar-refractivity contribution in [3.8, 4) is 0 Å². The van der Waals surface area contributed by atoms with Crippen LogP contribution in [0.15, 0.2) is 36.5 Å². The maximum atomic E-state index is 12.8. The molecule has 2 amide bonds. The van der Waals surface area contributed by atoms with Crippen LogP contribution in [0.1, 0.15) is 24.5 Å². The molecule has 1 saturated heterocycles. The molecule has 0 spiro atoms. The third kappa shape index (κ3) is 5.01. The third-order valence-corrected chi connectivity index (χ3v) is 5.73. The molecule has 2 aromatic rings. The number of benzene rings is 1. The summed E-state index contributed by atoms with van der Waals surface area (Å²) in [4.78, 5) is 31.9. The lowest BCUT2D eigenvalue weighted by Crippen LogP contribution is -2.53. The molecule has 2 aliphatic heterocycles. The van der Waals surface area contributed by atoms with Crippen molar-refractivity contribution in [2.75, 3.05) is 41.7 Å². The van der Waals surface area contributed by atoms with Crippen LogP contribution in [0.25, 0.3) is 0 Å². The van der Waals surface area contributed by atoms with Gasteiger partial charge in [-0.25, -0.2) is 4.98 Å². The number of halogens is 3. The average molecular weight is 447 g/mol. The summed E-state index contributed by atoms with van der Waals surface area (Å²) in [6, 6.07) is 7.86. The van der Waals surface area contributed by atoms with Gasteiger partial charge in [-0.15, -0.1) is 0 Å². The molecule has 0 bridgehead atoms. The predicted molar refractivity (Wildman–Crippen MR) is 115 cm³/mol. The SMILES string of the molecule is C[C@@H]1CN(CC(=O)Nc2ccc3c(c2)CCC(=O)N3)CCN1c1ccc(C(F)(F)F)cn1. The van der Waals surface area contributed by atoms with Crippen LogP contribution >= 0.6 is 0 Å². The first-order chi connectivity index (χ1) is 15.2. The number of carbonyl (C=O) groups is 2. The van der Waals surface area contributed by atoms with Crippen molar-refractivity contribution in [1.29, 1.82) is 0 Å². The van der Waals surface area contributed by atoms with Crippen LogP contribution in [0.2, 0.25) is 0 Å². The highest BCUT2D eigenvalue weighted by atomic mass is 19.4. The average Bonchev–Trinajstić information content (AvgIpc) is 2.73. The van der Waals surface area contributed by atoms with Crippen molar-refractivity contribution in [3.05, 3.63) is 47.7 Å². The minimum atomic E-state index is -4.41. The number of nitrogens with one attached hydrogen (secondary N) is 2. The number of hydrogen-bond acceptors (Lipinski definition) is 5. The number of rotatable bonds is 4. The lowest BCUT2D eigenvalue weighted by Gasteiger charge is -2.40. The van der Waals surface area contributed by atoms with Crippen molar-refractivity contribution in [2.45, 2.75) is 32.0 Å². The van der Waals surface area contributed by atoms with Crippen LogP contribution < -0.4 is 15.5 Å². The van der Waals surface area contributed by atoms with E-state index in [4.69, 9.17) is 0 Å². The second-order valence-corrected chi connectivity index (χ2v) is 8.15. The van der Waals surface area contributed by atoms with E-state index in [0.717, 1.165) is 23.5 Å². The summed E-state index contributed by atoms with van der Waals surface area (Å²) in [6.45, 7) is 3.92. The van der Waals surface area contributed by atoms with Gasteiger partial charge in [0.2, 0.25) is 11.8 Å². The summed E-state index contributed by atoms with van der Waals surface area (Å²) in [6.07, 6.45) is -2.48. The Balaban J connectivity index is 1.31. The first kappa shape index (κ1) is 22.1. The van der Waals surface area contributed by atoms with Crippen LogP contribution in [0.5, 0.6) is 0 Å². The smallest absolute Gasteiger partial charge is 0.351 e. The minimum absolute atomic E-state index is 0.00552. The Labute approximate surface area is 183 Å². The first-order valence-electron chi connectivity index (χ1n) is 10.4. The van der Waals surface area contributed by atoms with Crippen molar-refractivity contribution in [1.82, 2.24) is 9.88 Å². The molecule has 7 nitrogen and oxygen atoms in total. The van der Waals surface area contributed by atoms with Crippen molar-refractivity contribution >= 4 is 29.0 Å². The number of fused-ring (bicyclic) bond motifs is 1. The summed E-state index contributed by atoms with van der Waals surface area (Å²) in [5, 5.41) is 5.72. The molecule has 4 rings (SSSR count). The largest absolute Gasteiger partial charge is 0.417 e. The fourth-order valence-electron chi connectivity index (χ4n) is 4.11. The van der Waals surface area contributed by atoms with E-state index in [1.54, 1.807) is 12.1 Å². The molecule has 1 atom stereocenters. The fourth-order valence-corrected chi connectivity index (χ4v) is 4.11. The zero-order valence-electron chi connectivity index (χ0n) is 17.6. The summed E-state index contributed by atoms with van der Waals surface area (Å²) >= 11 is 0. The minimum Gasteiger partial charge on any atom is -0.351 e. The molecular weight excluding hydrogens is 423 g/mol. The molecule has 1 aromatic carbocycles. The number of nitrogens with zero attached hydrogens (tertiary/aromatic N) is 3. The van der Waals surface area contributed by atoms with Crippen LogP contribution in [-0.2, 0) is 22.2 Å². The number of aryl methyl sites for hydroxylation is 1. The highest BCUT2D eigenvalue weighted by molar-refractivity contribution is 5.96. The van der Waals surface area contributed by atoms with Crippen LogP contribution in [0.4, 0.5) is 30.4 Å². The Morgan fingerprint density at radius 1 is 1.22 bits per heavy atom. The second kappa shape index (κ2) is 8.78. The standard InChI is InChI=1S/C22H24F3N5O2/c1-14-12-29(8-9-30(14)19-6-3-16(11-26-19)22(23,24)25)13-21(32)27-17-4-5-18-15(10-17)2-7-20(31)28-18/h3-6,10-11,14H,2,7-9,12-13H2,1H3,(H,27,32)(H,28,31)/t14-/m1/s1. The van der Waals surface area contributed by atoms with E-state index in [9.17, 15) is 22.8 Å². The predicted octanol–water partition coefficient (Wildman–Crippen LogP) is 3.13. The normalized spacial score (nSPS) is 19.3. The van der Waals surface area contributed by atoms with Gasteiger partial charge in [0.25, 0.3) is 0 Å². The van der Waals surface area contributed by atoms with Gasteiger partial charge in [-0.2, -0.15) is 13.2 Å². The van der Waals surface area contributed by atoms with Gasteiger partial charge in [0.15, 0.2) is 0 Å². The van der Waals surface area contributed by atoms with Gasteiger partial charge in [-0.1, -0.05) is 0 Å². The molecule has 0 radical (unpaired) electrons. The number of anilines is 3. The molecule has 170 valence electrons. The number of pyridine rings is 1. The molecule has 1 aromatic heterocycles. The van der Waals surface area contributed by atoms with E-state index < -0.39 is 11.7 Å². The Kier molecular flexibility index (Phi) is 6.05. The van der Waals surface area contributed by atoms with E-state index in [1.165, 1.54) is 6.07 Å². The molecule has 0 aliphatic carbocycles. The molecular formula is C22H24F3N5O2. The van der Waals surface area contributed by atoms with Crippen molar-refractivity contribution in [2.24, 2.45) is 0 Å². The van der Waals surface area contributed by atoms with E-state index in [1.807, 2.05) is 22.8 Å². The first-order valence-corrected chi connectivity index (χ1v) is 10.4. The number of piperazine rings is 1. The third-order valence-electron chi connectivity index (χ3n) is 5.73. The van der Waals surface area contributed by atoms with Gasteiger partial charge in [-0.05, 0) is 49.2 Å². The Morgan fingerprint density at radius 2 is 2.03 bits per heavy atom. The van der Waals surface area contributed by atoms with Gasteiger partial charge < -0.3 is 15.5 Å². The molecule has 32 heavy (non-hydrogen) atoms. The number of amides is 2. The Bertz CT molecular complexity index is 1010. The quantitative estimate of drug-likeness (QED) is 0.753. The monoisotopic (exact) mass is 447 g/mol. The number of carbonyl (C=O) groups excluding carboxylic acids is 2. The molecule has 2 aliphatic rings. The number of hydrogen-bond donors (Lipinski definition) is 2. The highest BCUT2D eigenvalue weighted by Crippen LogP contribution is 2.30. The summed E-state index contributed by atoms with van der Waals surface area (Å²) in [5.41, 5.74) is 1.69. The summed E-state index contributed by atoms with van der Waals surface area (Å²) < 4.78 is 38.3. The van der Waals surface area contributed by atoms with E-state index in [0.29, 0.717) is 44.0 Å². The number of alkyl halides is 3. The number of aromatic nitrogens is 1. The lowest BCUT2D eigenvalue weighted by molar-refractivity contribution is -0.137. The molecule has 0 saturated carbocycles. The van der Waals surface area contributed by atoms with E-state index in [2.05, 4.69) is 15.6 Å². The van der Waals surface area contributed by atoms with Crippen molar-refractivity contribution in [3.63, 3.8) is 0 Å². The molecule has 3 heterocycles. The van der Waals surface area contributed by atoms with Crippen LogP contribution in [0.3, 0.4) is 0 Å². The second-order valence-electron chi connectivity index (χ2n) is 8.15. The lowest BCUT2D eigenvalue weighted by atomic mass is 10.0. The zero-order valence-corrected chi connectivity index (χ0v) is 17.6. The Hall–Kier alpha value is -3.14. The van der Waals surface area contributed by atoms with Gasteiger partial charge in [0.1, 0.15) is 5.82 Å². The van der Waals surface area contributed by atoms with Gasteiger partial charge in [0.05, 0.1) is 12.1 Å². The topological polar surface area (TPSA) is 77.6 Å². The molecule has 0 unspecified atom stereocenters.